The number of nitrogens with one attached hydrogen (secondary N) is 1. The molecule has 0 bridgehead atoms. The molecule has 6 heteroatoms. The highest BCUT2D eigenvalue weighted by molar-refractivity contribution is 9.10. The molecule has 0 aliphatic carbocycles. The summed E-state index contributed by atoms with van der Waals surface area (Å²) >= 11 is 3.50. The number of imide groups is 1. The maximum atomic E-state index is 13.4. The van der Waals surface area contributed by atoms with E-state index < -0.39 is 23.8 Å². The summed E-state index contributed by atoms with van der Waals surface area (Å²) in [7, 11) is 0. The molecule has 0 aromatic heterocycles. The molecule has 1 aliphatic rings. The van der Waals surface area contributed by atoms with Crippen LogP contribution in [0.4, 0.5) is 5.69 Å². The second-order valence-corrected chi connectivity index (χ2v) is 8.24. The van der Waals surface area contributed by atoms with Crippen molar-refractivity contribution in [1.82, 2.24) is 4.90 Å². The number of anilines is 1. The second-order valence-electron chi connectivity index (χ2n) is 7.39. The van der Waals surface area contributed by atoms with Crippen LogP contribution in [-0.4, -0.2) is 28.7 Å². The number of fused-ring (bicyclic) bond motifs is 1. The largest absolute Gasteiger partial charge is 0.323 e. The first-order chi connectivity index (χ1) is 15.0. The normalized spacial score (nSPS) is 13.8. The Kier molecular flexibility index (Phi) is 6.00. The molecule has 0 saturated carbocycles. The molecule has 156 valence electrons. The van der Waals surface area contributed by atoms with E-state index >= 15 is 0 Å². The van der Waals surface area contributed by atoms with Crippen LogP contribution in [0.25, 0.3) is 0 Å². The Morgan fingerprint density at radius 3 is 2.10 bits per heavy atom. The van der Waals surface area contributed by atoms with Gasteiger partial charge in [-0.15, -0.1) is 0 Å². The average Bonchev–Trinajstić information content (AvgIpc) is 3.04. The van der Waals surface area contributed by atoms with Crippen LogP contribution < -0.4 is 5.32 Å². The molecule has 4 rings (SSSR count). The van der Waals surface area contributed by atoms with Crippen molar-refractivity contribution in [2.75, 3.05) is 5.32 Å². The first kappa shape index (κ1) is 21.0. The van der Waals surface area contributed by atoms with Crippen LogP contribution in [0.3, 0.4) is 0 Å². The molecule has 3 aromatic rings. The van der Waals surface area contributed by atoms with E-state index in [1.54, 1.807) is 24.3 Å². The summed E-state index contributed by atoms with van der Waals surface area (Å²) in [6.45, 7) is 2.05. The SMILES string of the molecule is CCc1ccc(NC(=O)C(Cc2ccccc2)N2C(=O)c3ccccc3C2=O)c(Br)c1. The van der Waals surface area contributed by atoms with Crippen molar-refractivity contribution in [2.24, 2.45) is 0 Å². The molecule has 1 heterocycles. The predicted molar refractivity (Wildman–Crippen MR) is 123 cm³/mol. The summed E-state index contributed by atoms with van der Waals surface area (Å²) < 4.78 is 0.751. The van der Waals surface area contributed by atoms with E-state index in [9.17, 15) is 14.4 Å². The Hall–Kier alpha value is -3.25. The van der Waals surface area contributed by atoms with Gasteiger partial charge in [0.05, 0.1) is 16.8 Å². The monoisotopic (exact) mass is 476 g/mol. The maximum absolute atomic E-state index is 13.4. The first-order valence-electron chi connectivity index (χ1n) is 10.1. The molecule has 0 saturated heterocycles. The van der Waals surface area contributed by atoms with Crippen molar-refractivity contribution >= 4 is 39.3 Å². The molecule has 5 nitrogen and oxygen atoms in total. The zero-order chi connectivity index (χ0) is 22.0. The smallest absolute Gasteiger partial charge is 0.262 e. The van der Waals surface area contributed by atoms with Crippen LogP contribution in [0.15, 0.2) is 77.3 Å². The van der Waals surface area contributed by atoms with Gasteiger partial charge in [-0.1, -0.05) is 55.5 Å². The number of carbonyl (C=O) groups excluding carboxylic acids is 3. The standard InChI is InChI=1S/C25H21BrN2O3/c1-2-16-12-13-21(20(26)14-16)27-23(29)22(15-17-8-4-3-5-9-17)28-24(30)18-10-6-7-11-19(18)25(28)31/h3-14,22H,2,15H2,1H3,(H,27,29). The van der Waals surface area contributed by atoms with Gasteiger partial charge in [0.15, 0.2) is 0 Å². The van der Waals surface area contributed by atoms with Gasteiger partial charge in [0.25, 0.3) is 11.8 Å². The number of amides is 3. The van der Waals surface area contributed by atoms with Crippen molar-refractivity contribution in [3.63, 3.8) is 0 Å². The minimum absolute atomic E-state index is 0.225. The van der Waals surface area contributed by atoms with Crippen molar-refractivity contribution in [3.8, 4) is 0 Å². The van der Waals surface area contributed by atoms with Crippen LogP contribution in [0.2, 0.25) is 0 Å². The molecular formula is C25H21BrN2O3. The Morgan fingerprint density at radius 2 is 1.52 bits per heavy atom. The fourth-order valence-corrected chi connectivity index (χ4v) is 4.25. The molecule has 31 heavy (non-hydrogen) atoms. The quantitative estimate of drug-likeness (QED) is 0.516. The molecule has 1 aliphatic heterocycles. The second kappa shape index (κ2) is 8.86. The van der Waals surface area contributed by atoms with E-state index in [1.165, 1.54) is 0 Å². The maximum Gasteiger partial charge on any atom is 0.262 e. The Morgan fingerprint density at radius 1 is 0.903 bits per heavy atom. The lowest BCUT2D eigenvalue weighted by atomic mass is 10.0. The molecule has 1 unspecified atom stereocenters. The highest BCUT2D eigenvalue weighted by atomic mass is 79.9. The molecular weight excluding hydrogens is 456 g/mol. The van der Waals surface area contributed by atoms with Crippen LogP contribution in [0.5, 0.6) is 0 Å². The summed E-state index contributed by atoms with van der Waals surface area (Å²) in [4.78, 5) is 40.6. The molecule has 0 radical (unpaired) electrons. The van der Waals surface area contributed by atoms with Gasteiger partial charge >= 0.3 is 0 Å². The number of halogens is 1. The van der Waals surface area contributed by atoms with E-state index in [1.807, 2.05) is 48.5 Å². The number of carbonyl (C=O) groups is 3. The van der Waals surface area contributed by atoms with Gasteiger partial charge < -0.3 is 5.32 Å². The summed E-state index contributed by atoms with van der Waals surface area (Å²) in [6.07, 6.45) is 1.10. The number of hydrogen-bond donors (Lipinski definition) is 1. The van der Waals surface area contributed by atoms with Gasteiger partial charge in [0, 0.05) is 10.9 Å². The first-order valence-corrected chi connectivity index (χ1v) is 10.9. The van der Waals surface area contributed by atoms with E-state index in [2.05, 4.69) is 28.2 Å². The van der Waals surface area contributed by atoms with Gasteiger partial charge in [-0.05, 0) is 57.7 Å². The summed E-state index contributed by atoms with van der Waals surface area (Å²) in [5.74, 6) is -1.31. The van der Waals surface area contributed by atoms with Gasteiger partial charge in [-0.2, -0.15) is 0 Å². The number of nitrogens with zero attached hydrogens (tertiary/aromatic N) is 1. The topological polar surface area (TPSA) is 66.5 Å². The molecule has 0 spiro atoms. The zero-order valence-corrected chi connectivity index (χ0v) is 18.6. The minimum atomic E-state index is -0.979. The highest BCUT2D eigenvalue weighted by Gasteiger charge is 2.42. The van der Waals surface area contributed by atoms with Crippen molar-refractivity contribution in [1.29, 1.82) is 0 Å². The van der Waals surface area contributed by atoms with E-state index in [0.29, 0.717) is 16.8 Å². The van der Waals surface area contributed by atoms with Gasteiger partial charge in [-0.3, -0.25) is 19.3 Å². The number of benzene rings is 3. The Labute approximate surface area is 189 Å². The van der Waals surface area contributed by atoms with Crippen LogP contribution >= 0.6 is 15.9 Å². The van der Waals surface area contributed by atoms with Crippen molar-refractivity contribution in [2.45, 2.75) is 25.8 Å². The van der Waals surface area contributed by atoms with Crippen LogP contribution in [-0.2, 0) is 17.6 Å². The lowest BCUT2D eigenvalue weighted by Crippen LogP contribution is -2.48. The summed E-state index contributed by atoms with van der Waals surface area (Å²) in [5, 5.41) is 2.89. The average molecular weight is 477 g/mol. The van der Waals surface area contributed by atoms with Gasteiger partial charge in [0.2, 0.25) is 5.91 Å². The minimum Gasteiger partial charge on any atom is -0.323 e. The van der Waals surface area contributed by atoms with Crippen LogP contribution in [0, 0.1) is 0 Å². The van der Waals surface area contributed by atoms with Crippen molar-refractivity contribution in [3.05, 3.63) is 99.5 Å². The molecule has 1 atom stereocenters. The summed E-state index contributed by atoms with van der Waals surface area (Å²) in [5.41, 5.74) is 3.24. The predicted octanol–water partition coefficient (Wildman–Crippen LogP) is 4.86. The third kappa shape index (κ3) is 4.16. The number of rotatable bonds is 6. The molecule has 3 aromatic carbocycles. The fourth-order valence-electron chi connectivity index (χ4n) is 3.73. The molecule has 1 N–H and O–H groups in total. The van der Waals surface area contributed by atoms with E-state index in [-0.39, 0.29) is 6.42 Å². The number of hydrogen-bond acceptors (Lipinski definition) is 3. The molecule has 3 amide bonds. The highest BCUT2D eigenvalue weighted by Crippen LogP contribution is 2.28. The Balaban J connectivity index is 1.67. The van der Waals surface area contributed by atoms with E-state index in [4.69, 9.17) is 0 Å². The van der Waals surface area contributed by atoms with Crippen molar-refractivity contribution < 1.29 is 14.4 Å². The number of aryl methyl sites for hydroxylation is 1. The van der Waals surface area contributed by atoms with Gasteiger partial charge in [0.1, 0.15) is 6.04 Å². The molecule has 0 fully saturated rings. The van der Waals surface area contributed by atoms with Gasteiger partial charge in [-0.25, -0.2) is 0 Å². The third-order valence-corrected chi connectivity index (χ3v) is 6.07. The summed E-state index contributed by atoms with van der Waals surface area (Å²) in [6, 6.07) is 20.8. The van der Waals surface area contributed by atoms with E-state index in [0.717, 1.165) is 26.9 Å². The lowest BCUT2D eigenvalue weighted by molar-refractivity contribution is -0.119. The van der Waals surface area contributed by atoms with Crippen LogP contribution in [0.1, 0.15) is 38.8 Å². The third-order valence-electron chi connectivity index (χ3n) is 5.41. The zero-order valence-electron chi connectivity index (χ0n) is 17.0. The Bertz CT molecular complexity index is 1130. The fraction of sp³-hybridized carbons (Fsp3) is 0.160. The lowest BCUT2D eigenvalue weighted by Gasteiger charge is -2.26.